The molecule has 2 atom stereocenters. The fraction of sp³-hybridized carbons (Fsp3) is 0.667. The average molecular weight is 705 g/mol. The summed E-state index contributed by atoms with van der Waals surface area (Å²) in [6.07, 6.45) is 1.16. The molecule has 0 aromatic rings. The van der Waals surface area contributed by atoms with E-state index in [0.29, 0.717) is 0 Å². The van der Waals surface area contributed by atoms with Crippen molar-refractivity contribution in [2.45, 2.75) is 6.42 Å². The van der Waals surface area contributed by atoms with Gasteiger partial charge in [-0.3, -0.25) is 0 Å². The van der Waals surface area contributed by atoms with Crippen LogP contribution < -0.4 is 0 Å². The second kappa shape index (κ2) is 14.5. The Morgan fingerprint density at radius 1 is 1.40 bits per heavy atom. The maximum atomic E-state index is 4.06. The molecule has 0 aliphatic rings. The molecule has 10 heavy (non-hydrogen) atoms. The van der Waals surface area contributed by atoms with Gasteiger partial charge in [0.25, 0.3) is 0 Å². The van der Waals surface area contributed by atoms with Crippen LogP contribution in [0.5, 0.6) is 0 Å². The summed E-state index contributed by atoms with van der Waals surface area (Å²) in [4.78, 5) is 0. The summed E-state index contributed by atoms with van der Waals surface area (Å²) < 4.78 is 4.06. The van der Waals surface area contributed by atoms with Crippen molar-refractivity contribution in [2.75, 3.05) is 6.54 Å². The van der Waals surface area contributed by atoms with E-state index in [1.165, 1.54) is 19.6 Å². The molecule has 2 unspecified atom stereocenters. The molecule has 0 saturated carbocycles. The molecule has 60 valence electrons. The van der Waals surface area contributed by atoms with Crippen molar-refractivity contribution >= 4 is 30.6 Å². The zero-order valence-corrected chi connectivity index (χ0v) is 17.4. The number of rotatable bonds is 3. The predicted octanol–water partition coefficient (Wildman–Crippen LogP) is 1.70. The van der Waals surface area contributed by atoms with E-state index < -0.39 is 0 Å². The van der Waals surface area contributed by atoms with Crippen molar-refractivity contribution in [3.05, 3.63) is 0 Å². The maximum absolute atomic E-state index is 4.06. The van der Waals surface area contributed by atoms with Gasteiger partial charge in [0.15, 0.2) is 0 Å². The molecule has 0 amide bonds. The third-order valence-corrected chi connectivity index (χ3v) is 3.43. The topological polar surface area (TPSA) is 12.4 Å². The molecule has 1 nitrogen and oxygen atoms in total. The molecule has 0 aromatic heterocycles. The minimum atomic E-state index is -0.250. The van der Waals surface area contributed by atoms with Crippen LogP contribution in [0, 0.1) is 0 Å². The van der Waals surface area contributed by atoms with Gasteiger partial charge in [-0.25, -0.2) is 0 Å². The van der Waals surface area contributed by atoms with Gasteiger partial charge in [0.2, 0.25) is 0 Å². The van der Waals surface area contributed by atoms with Gasteiger partial charge in [0, 0.05) is 42.1 Å². The zero-order valence-electron chi connectivity index (χ0n) is 5.32. The van der Waals surface area contributed by atoms with Gasteiger partial charge >= 0.3 is 66.7 Å². The molecular weight excluding hydrogens is 694 g/mol. The van der Waals surface area contributed by atoms with Gasteiger partial charge in [0.05, 0.1) is 0 Å². The van der Waals surface area contributed by atoms with Crippen LogP contribution in [-0.4, -0.2) is 12.3 Å². The molecule has 0 rings (SSSR count). The van der Waals surface area contributed by atoms with E-state index in [-0.39, 0.29) is 49.1 Å². The van der Waals surface area contributed by atoms with E-state index in [1.54, 1.807) is 0 Å². The Hall–Kier alpha value is 3.02. The second-order valence-corrected chi connectivity index (χ2v) is 9.68. The van der Waals surface area contributed by atoms with Gasteiger partial charge < -0.3 is 0 Å². The molecule has 0 fully saturated rings. The molecule has 0 bridgehead atoms. The summed E-state index contributed by atoms with van der Waals surface area (Å²) in [6.45, 7) is 0.771. The largest absolute Gasteiger partial charge is 0 e. The minimum Gasteiger partial charge on any atom is 0 e. The Kier molecular flexibility index (Phi) is 27.3. The van der Waals surface area contributed by atoms with Crippen LogP contribution in [0.3, 0.4) is 0 Å². The van der Waals surface area contributed by atoms with E-state index in [9.17, 15) is 0 Å². The van der Waals surface area contributed by atoms with Crippen molar-refractivity contribution in [2.24, 2.45) is 3.50 Å². The summed E-state index contributed by atoms with van der Waals surface area (Å²) in [5, 5.41) is 0. The van der Waals surface area contributed by atoms with Crippen LogP contribution in [0.2, 0.25) is 0 Å². The van der Waals surface area contributed by atoms with Crippen molar-refractivity contribution in [1.82, 2.24) is 0 Å². The van der Waals surface area contributed by atoms with E-state index in [0.717, 1.165) is 13.0 Å². The fourth-order valence-corrected chi connectivity index (χ4v) is 2.13. The third kappa shape index (κ3) is 17.2. The first-order chi connectivity index (χ1) is 3.77. The number of hydrogen-bond acceptors (Lipinski definition) is 1. The Morgan fingerprint density at radius 2 is 1.90 bits per heavy atom. The quantitative estimate of drug-likeness (QED) is 0.314. The standard InChI is InChI=1S/C3H10NP3.3W/c4-2-1-3-7(5)6;;;/h3,7H,1-2,5-6H2;;;. The summed E-state index contributed by atoms with van der Waals surface area (Å²) in [5.74, 6) is 2.33. The summed E-state index contributed by atoms with van der Waals surface area (Å²) in [6, 6.07) is 0. The molecule has 0 heterocycles. The van der Waals surface area contributed by atoms with Crippen molar-refractivity contribution in [1.29, 1.82) is 0 Å². The van der Waals surface area contributed by atoms with Crippen LogP contribution in [0.1, 0.15) is 6.42 Å². The Morgan fingerprint density at radius 3 is 2.20 bits per heavy atom. The molecule has 0 spiro atoms. The fourth-order valence-electron chi connectivity index (χ4n) is 0.284. The predicted molar refractivity (Wildman–Crippen MR) is 45.7 cm³/mol. The van der Waals surface area contributed by atoms with Gasteiger partial charge in [-0.1, -0.05) is 0 Å². The van der Waals surface area contributed by atoms with E-state index >= 15 is 0 Å². The Labute approximate surface area is 108 Å². The molecule has 0 N–H and O–H groups in total. The third-order valence-electron chi connectivity index (χ3n) is 0.600. The van der Waals surface area contributed by atoms with E-state index in [1.807, 2.05) is 0 Å². The van der Waals surface area contributed by atoms with Crippen molar-refractivity contribution in [3.63, 3.8) is 0 Å². The van der Waals surface area contributed by atoms with Crippen LogP contribution >= 0.6 is 24.8 Å². The van der Waals surface area contributed by atoms with Crippen molar-refractivity contribution < 1.29 is 61.8 Å². The smallest absolute Gasteiger partial charge is 0 e. The number of nitrogens with zero attached hydrogens (tertiary/aromatic N) is 1. The average Bonchev–Trinajstić information content (AvgIpc) is 1.66. The minimum absolute atomic E-state index is 0. The molecule has 0 aliphatic heterocycles. The van der Waals surface area contributed by atoms with Crippen LogP contribution in [0.25, 0.3) is 0 Å². The van der Waals surface area contributed by atoms with Gasteiger partial charge in [-0.2, -0.15) is 0 Å². The van der Waals surface area contributed by atoms with Crippen LogP contribution in [-0.2, 0) is 61.8 Å². The van der Waals surface area contributed by atoms with Crippen LogP contribution in [0.4, 0.5) is 0 Å². The Balaban J connectivity index is -0.000000245. The molecule has 0 saturated heterocycles. The van der Waals surface area contributed by atoms with Gasteiger partial charge in [0.1, 0.15) is 0 Å². The van der Waals surface area contributed by atoms with Gasteiger partial charge in [-0.05, 0) is 0 Å². The molecule has 0 aromatic carbocycles. The summed E-state index contributed by atoms with van der Waals surface area (Å²) >= 11 is 1.34. The monoisotopic (exact) mass is 705 g/mol. The van der Waals surface area contributed by atoms with Crippen molar-refractivity contribution in [3.8, 4) is 0 Å². The molecule has 0 radical (unpaired) electrons. The zero-order chi connectivity index (χ0) is 6.41. The molecular formula is C3H10NP3W3. The van der Waals surface area contributed by atoms with E-state index in [2.05, 4.69) is 27.1 Å². The number of hydrogen-bond donors (Lipinski definition) is 0. The SMILES string of the molecule is P[PH](P)=CCC[N]=[W].[W].[W]. The molecule has 7 heteroatoms. The first-order valence-corrected chi connectivity index (χ1v) is 8.78. The summed E-state index contributed by atoms with van der Waals surface area (Å²) in [7, 11) is 5.61. The maximum Gasteiger partial charge on any atom is 0 e. The second-order valence-electron chi connectivity index (χ2n) is 1.35. The normalized spacial score (nSPS) is 7.50. The first-order valence-electron chi connectivity index (χ1n) is 2.27. The van der Waals surface area contributed by atoms with Crippen LogP contribution in [0.15, 0.2) is 3.50 Å². The molecule has 0 aliphatic carbocycles. The Bertz CT molecular complexity index is 103. The summed E-state index contributed by atoms with van der Waals surface area (Å²) in [5.41, 5.74) is 0. The first kappa shape index (κ1) is 18.7. The van der Waals surface area contributed by atoms with Gasteiger partial charge in [-0.15, -0.1) is 0 Å². The van der Waals surface area contributed by atoms with E-state index in [4.69, 9.17) is 0 Å².